The van der Waals surface area contributed by atoms with Gasteiger partial charge in [0.25, 0.3) is 0 Å². The number of aromatic nitrogens is 2. The van der Waals surface area contributed by atoms with Crippen molar-refractivity contribution in [3.63, 3.8) is 0 Å². The van der Waals surface area contributed by atoms with Gasteiger partial charge in [-0.1, -0.05) is 0 Å². The molecule has 1 aromatic rings. The Labute approximate surface area is 123 Å². The first kappa shape index (κ1) is 15.4. The van der Waals surface area contributed by atoms with E-state index < -0.39 is 4.92 Å². The van der Waals surface area contributed by atoms with E-state index in [1.54, 1.807) is 7.11 Å². The number of hydrogen-bond donors (Lipinski definition) is 1. The molecule has 0 bridgehead atoms. The van der Waals surface area contributed by atoms with Crippen LogP contribution < -0.4 is 10.2 Å². The van der Waals surface area contributed by atoms with Gasteiger partial charge >= 0.3 is 5.69 Å². The summed E-state index contributed by atoms with van der Waals surface area (Å²) in [5.41, 5.74) is -0.0534. The van der Waals surface area contributed by atoms with Gasteiger partial charge in [0, 0.05) is 26.2 Å². The Balaban J connectivity index is 2.30. The molecular formula is C13H21N5O3. The van der Waals surface area contributed by atoms with E-state index in [-0.39, 0.29) is 17.5 Å². The van der Waals surface area contributed by atoms with Gasteiger partial charge in [0.2, 0.25) is 11.6 Å². The SMILES string of the molecule is COCC(C)Nc1ncnc(N2CCCCC2)c1[N+](=O)[O-]. The molecule has 0 radical (unpaired) electrons. The number of piperidine rings is 1. The van der Waals surface area contributed by atoms with Gasteiger partial charge in [0.15, 0.2) is 0 Å². The quantitative estimate of drug-likeness (QED) is 0.632. The van der Waals surface area contributed by atoms with Crippen LogP contribution in [0.4, 0.5) is 17.3 Å². The molecule has 8 nitrogen and oxygen atoms in total. The van der Waals surface area contributed by atoms with Gasteiger partial charge in [-0.2, -0.15) is 0 Å². The third-order valence-corrected chi connectivity index (χ3v) is 3.44. The van der Waals surface area contributed by atoms with E-state index in [2.05, 4.69) is 15.3 Å². The third-order valence-electron chi connectivity index (χ3n) is 3.44. The van der Waals surface area contributed by atoms with E-state index in [0.29, 0.717) is 12.4 Å². The summed E-state index contributed by atoms with van der Waals surface area (Å²) in [4.78, 5) is 21.2. The van der Waals surface area contributed by atoms with Crippen LogP contribution in [0.2, 0.25) is 0 Å². The number of anilines is 2. The molecule has 2 rings (SSSR count). The van der Waals surface area contributed by atoms with Crippen LogP contribution in [0, 0.1) is 10.1 Å². The van der Waals surface area contributed by atoms with Crippen LogP contribution in [-0.4, -0.2) is 47.7 Å². The molecule has 1 aliphatic heterocycles. The third kappa shape index (κ3) is 3.78. The predicted molar refractivity (Wildman–Crippen MR) is 79.7 cm³/mol. The minimum absolute atomic E-state index is 0.0534. The maximum Gasteiger partial charge on any atom is 0.353 e. The predicted octanol–water partition coefficient (Wildman–Crippen LogP) is 1.82. The Kier molecular flexibility index (Phi) is 5.26. The van der Waals surface area contributed by atoms with Gasteiger partial charge in [-0.05, 0) is 26.2 Å². The monoisotopic (exact) mass is 295 g/mol. The molecule has 0 spiro atoms. The lowest BCUT2D eigenvalue weighted by Gasteiger charge is -2.27. The second-order valence-corrected chi connectivity index (χ2v) is 5.20. The zero-order valence-corrected chi connectivity index (χ0v) is 12.4. The van der Waals surface area contributed by atoms with Crippen LogP contribution in [0.15, 0.2) is 6.33 Å². The second-order valence-electron chi connectivity index (χ2n) is 5.20. The van der Waals surface area contributed by atoms with E-state index >= 15 is 0 Å². The normalized spacial score (nSPS) is 16.6. The van der Waals surface area contributed by atoms with Gasteiger partial charge in [-0.25, -0.2) is 9.97 Å². The van der Waals surface area contributed by atoms with E-state index in [4.69, 9.17) is 4.74 Å². The fraction of sp³-hybridized carbons (Fsp3) is 0.692. The topological polar surface area (TPSA) is 93.4 Å². The van der Waals surface area contributed by atoms with Gasteiger partial charge in [-0.3, -0.25) is 10.1 Å². The zero-order valence-electron chi connectivity index (χ0n) is 12.4. The maximum absolute atomic E-state index is 11.5. The molecule has 1 fully saturated rings. The van der Waals surface area contributed by atoms with Crippen LogP contribution >= 0.6 is 0 Å². The second kappa shape index (κ2) is 7.16. The minimum Gasteiger partial charge on any atom is -0.383 e. The van der Waals surface area contributed by atoms with Crippen molar-refractivity contribution in [1.82, 2.24) is 9.97 Å². The molecule has 8 heteroatoms. The highest BCUT2D eigenvalue weighted by atomic mass is 16.6. The average molecular weight is 295 g/mol. The first-order valence-electron chi connectivity index (χ1n) is 7.13. The first-order chi connectivity index (χ1) is 10.1. The highest BCUT2D eigenvalue weighted by molar-refractivity contribution is 5.70. The summed E-state index contributed by atoms with van der Waals surface area (Å²) in [6.45, 7) is 3.92. The van der Waals surface area contributed by atoms with Gasteiger partial charge < -0.3 is 15.0 Å². The van der Waals surface area contributed by atoms with Crippen LogP contribution in [0.1, 0.15) is 26.2 Å². The Morgan fingerprint density at radius 1 is 1.43 bits per heavy atom. The molecule has 1 unspecified atom stereocenters. The number of nitro groups is 1. The Morgan fingerprint density at radius 3 is 2.76 bits per heavy atom. The molecule has 0 amide bonds. The number of rotatable bonds is 6. The van der Waals surface area contributed by atoms with Crippen LogP contribution in [-0.2, 0) is 4.74 Å². The molecule has 0 saturated carbocycles. The lowest BCUT2D eigenvalue weighted by molar-refractivity contribution is -0.383. The van der Waals surface area contributed by atoms with E-state index in [9.17, 15) is 10.1 Å². The molecule has 0 aliphatic carbocycles. The summed E-state index contributed by atoms with van der Waals surface area (Å²) in [6.07, 6.45) is 4.60. The Hall–Kier alpha value is -1.96. The van der Waals surface area contributed by atoms with Crippen LogP contribution in [0.5, 0.6) is 0 Å². The smallest absolute Gasteiger partial charge is 0.353 e. The van der Waals surface area contributed by atoms with Crippen molar-refractivity contribution in [2.45, 2.75) is 32.2 Å². The van der Waals surface area contributed by atoms with Crippen molar-refractivity contribution in [3.05, 3.63) is 16.4 Å². The average Bonchev–Trinajstić information content (AvgIpc) is 2.48. The van der Waals surface area contributed by atoms with Crippen molar-refractivity contribution in [2.75, 3.05) is 37.0 Å². The molecule has 21 heavy (non-hydrogen) atoms. The Morgan fingerprint density at radius 2 is 2.14 bits per heavy atom. The number of ether oxygens (including phenoxy) is 1. The summed E-state index contributed by atoms with van der Waals surface area (Å²) in [7, 11) is 1.59. The number of hydrogen-bond acceptors (Lipinski definition) is 7. The summed E-state index contributed by atoms with van der Waals surface area (Å²) < 4.78 is 5.04. The first-order valence-corrected chi connectivity index (χ1v) is 7.13. The maximum atomic E-state index is 11.5. The molecule has 116 valence electrons. The molecule has 1 N–H and O–H groups in total. The van der Waals surface area contributed by atoms with Crippen molar-refractivity contribution < 1.29 is 9.66 Å². The summed E-state index contributed by atoms with van der Waals surface area (Å²) >= 11 is 0. The minimum atomic E-state index is -0.411. The largest absolute Gasteiger partial charge is 0.383 e. The van der Waals surface area contributed by atoms with Crippen molar-refractivity contribution in [3.8, 4) is 0 Å². The number of methoxy groups -OCH3 is 1. The van der Waals surface area contributed by atoms with Gasteiger partial charge in [0.05, 0.1) is 11.5 Å². The molecule has 1 saturated heterocycles. The molecular weight excluding hydrogens is 274 g/mol. The Bertz CT molecular complexity index is 491. The van der Waals surface area contributed by atoms with Crippen molar-refractivity contribution >= 4 is 17.3 Å². The lowest BCUT2D eigenvalue weighted by atomic mass is 10.1. The van der Waals surface area contributed by atoms with Gasteiger partial charge in [0.1, 0.15) is 6.33 Å². The zero-order chi connectivity index (χ0) is 15.2. The molecule has 0 aromatic carbocycles. The standard InChI is InChI=1S/C13H21N5O3/c1-10(8-21-2)16-12-11(18(19)20)13(15-9-14-12)17-6-4-3-5-7-17/h9-10H,3-8H2,1-2H3,(H,14,15,16). The number of nitrogens with one attached hydrogen (secondary N) is 1. The highest BCUT2D eigenvalue weighted by Gasteiger charge is 2.28. The van der Waals surface area contributed by atoms with Gasteiger partial charge in [-0.15, -0.1) is 0 Å². The highest BCUT2D eigenvalue weighted by Crippen LogP contribution is 2.33. The van der Waals surface area contributed by atoms with Crippen molar-refractivity contribution in [1.29, 1.82) is 0 Å². The molecule has 2 heterocycles. The number of nitrogens with zero attached hydrogens (tertiary/aromatic N) is 4. The van der Waals surface area contributed by atoms with Crippen molar-refractivity contribution in [2.24, 2.45) is 0 Å². The van der Waals surface area contributed by atoms with Crippen LogP contribution in [0.3, 0.4) is 0 Å². The lowest BCUT2D eigenvalue weighted by Crippen LogP contribution is -2.31. The molecule has 1 aliphatic rings. The fourth-order valence-corrected chi connectivity index (χ4v) is 2.51. The molecule has 1 aromatic heterocycles. The van der Waals surface area contributed by atoms with E-state index in [0.717, 1.165) is 32.4 Å². The summed E-state index contributed by atoms with van der Waals surface area (Å²) in [5, 5.41) is 14.5. The van der Waals surface area contributed by atoms with E-state index in [1.165, 1.54) is 6.33 Å². The summed E-state index contributed by atoms with van der Waals surface area (Å²) in [6, 6.07) is -0.0715. The van der Waals surface area contributed by atoms with E-state index in [1.807, 2.05) is 11.8 Å². The summed E-state index contributed by atoms with van der Waals surface area (Å²) in [5.74, 6) is 0.655. The van der Waals surface area contributed by atoms with Crippen LogP contribution in [0.25, 0.3) is 0 Å². The fourth-order valence-electron chi connectivity index (χ4n) is 2.51. The molecule has 1 atom stereocenters.